The van der Waals surface area contributed by atoms with Gasteiger partial charge in [-0.3, -0.25) is 0 Å². The van der Waals surface area contributed by atoms with Gasteiger partial charge in [-0.25, -0.2) is 0 Å². The number of rotatable bonds is 9. The molecule has 0 fully saturated rings. The van der Waals surface area contributed by atoms with E-state index in [1.165, 1.54) is 47.5 Å². The quantitative estimate of drug-likeness (QED) is 0.193. The van der Waals surface area contributed by atoms with Crippen LogP contribution < -0.4 is 43.4 Å². The number of benzene rings is 3. The van der Waals surface area contributed by atoms with Gasteiger partial charge >= 0.3 is 0 Å². The molecule has 2 heterocycles. The van der Waals surface area contributed by atoms with E-state index in [4.69, 9.17) is 11.6 Å². The van der Waals surface area contributed by atoms with Crippen molar-refractivity contribution in [2.45, 2.75) is 38.1 Å². The number of fused-ring (bicyclic) bond motifs is 2. The maximum absolute atomic E-state index is 6.34. The van der Waals surface area contributed by atoms with Crippen LogP contribution >= 0.6 is 34.7 Å². The summed E-state index contributed by atoms with van der Waals surface area (Å²) >= 11 is 10.1. The fourth-order valence-electron chi connectivity index (χ4n) is 5.02. The fraction of sp³-hybridized carbons (Fsp3) is 0.303. The third-order valence-electron chi connectivity index (χ3n) is 7.08. The van der Waals surface area contributed by atoms with Gasteiger partial charge in [-0.1, -0.05) is 78.0 Å². The van der Waals surface area contributed by atoms with E-state index in [2.05, 4.69) is 117 Å². The first-order chi connectivity index (χ1) is 18.8. The van der Waals surface area contributed by atoms with Gasteiger partial charge in [-0.15, -0.1) is 0 Å². The first-order valence-electron chi connectivity index (χ1n) is 13.7. The maximum Gasteiger partial charge on any atom is 0.263 e. The topological polar surface area (TPSA) is 7.12 Å². The molecule has 0 unspecified atom stereocenters. The summed E-state index contributed by atoms with van der Waals surface area (Å²) in [6.07, 6.45) is 6.89. The highest BCUT2D eigenvalue weighted by Gasteiger charge is 2.25. The molecule has 0 bridgehead atoms. The monoisotopic (exact) mass is 733 g/mol. The lowest BCUT2D eigenvalue weighted by molar-refractivity contribution is -0.873. The molecule has 3 aromatic carbocycles. The molecule has 1 aromatic heterocycles. The Morgan fingerprint density at radius 1 is 0.951 bits per heavy atom. The van der Waals surface area contributed by atoms with Crippen molar-refractivity contribution in [3.05, 3.63) is 93.4 Å². The molecule has 5 rings (SSSR count). The molecule has 0 radical (unpaired) electrons. The molecule has 0 amide bonds. The van der Waals surface area contributed by atoms with Crippen molar-refractivity contribution in [2.24, 2.45) is 0 Å². The minimum atomic E-state index is 0. The molecular weight excluding hydrogens is 698 g/mol. The van der Waals surface area contributed by atoms with Crippen LogP contribution in [-0.2, 0) is 6.54 Å². The molecule has 1 aliphatic heterocycles. The second-order valence-corrected chi connectivity index (χ2v) is 13.6. The summed E-state index contributed by atoms with van der Waals surface area (Å²) in [6, 6.07) is 23.8. The minimum Gasteiger partial charge on any atom is -1.00 e. The molecule has 3 nitrogen and oxygen atoms in total. The van der Waals surface area contributed by atoms with Gasteiger partial charge in [0.05, 0.1) is 44.8 Å². The highest BCUT2D eigenvalue weighted by atomic mass is 79.9. The first kappa shape index (κ1) is 33.9. The first-order valence-corrected chi connectivity index (χ1v) is 15.8. The third-order valence-corrected chi connectivity index (χ3v) is 9.54. The molecule has 0 atom stereocenters. The van der Waals surface area contributed by atoms with E-state index in [0.29, 0.717) is 0 Å². The van der Waals surface area contributed by atoms with Gasteiger partial charge in [0.1, 0.15) is 4.70 Å². The van der Waals surface area contributed by atoms with Crippen molar-refractivity contribution < 1.29 is 43.0 Å². The Balaban J connectivity index is 0.00000231. The zero-order valence-corrected chi connectivity index (χ0v) is 29.9. The number of nitrogens with zero attached hydrogens (tertiary/aromatic N) is 3. The average Bonchev–Trinajstić information content (AvgIpc) is 3.44. The summed E-state index contributed by atoms with van der Waals surface area (Å²) in [5.74, 6) is 0. The summed E-state index contributed by atoms with van der Waals surface area (Å²) in [4.78, 5) is 3.65. The second-order valence-electron chi connectivity index (χ2n) is 11.0. The molecule has 4 aromatic rings. The van der Waals surface area contributed by atoms with E-state index < -0.39 is 0 Å². The molecule has 0 N–H and O–H groups in total. The zero-order chi connectivity index (χ0) is 27.6. The number of aryl methyl sites for hydroxylation is 1. The Labute approximate surface area is 279 Å². The van der Waals surface area contributed by atoms with Crippen LogP contribution in [0.2, 0.25) is 5.02 Å². The summed E-state index contributed by atoms with van der Waals surface area (Å²) in [5, 5.41) is 3.37. The van der Waals surface area contributed by atoms with Crippen LogP contribution in [0.1, 0.15) is 31.7 Å². The predicted molar refractivity (Wildman–Crippen MR) is 172 cm³/mol. The van der Waals surface area contributed by atoms with Crippen LogP contribution in [0.5, 0.6) is 0 Å². The van der Waals surface area contributed by atoms with Gasteiger partial charge in [0.2, 0.25) is 5.52 Å². The maximum atomic E-state index is 6.34. The molecular formula is C33H38Br2ClN3S2. The molecule has 1 aliphatic rings. The number of hydrogen-bond acceptors (Lipinski definition) is 3. The van der Waals surface area contributed by atoms with Gasteiger partial charge < -0.3 is 43.3 Å². The molecule has 218 valence electrons. The molecule has 0 aliphatic carbocycles. The lowest BCUT2D eigenvalue weighted by Crippen LogP contribution is -3.00. The van der Waals surface area contributed by atoms with Crippen LogP contribution in [0.25, 0.3) is 27.4 Å². The zero-order valence-electron chi connectivity index (χ0n) is 24.3. The van der Waals surface area contributed by atoms with Crippen LogP contribution in [0.15, 0.2) is 88.3 Å². The van der Waals surface area contributed by atoms with Crippen molar-refractivity contribution in [3.8, 4) is 11.1 Å². The number of thiazole rings is 1. The van der Waals surface area contributed by atoms with Crippen LogP contribution in [0.4, 0.5) is 5.69 Å². The van der Waals surface area contributed by atoms with Crippen LogP contribution in [0, 0.1) is 0 Å². The Morgan fingerprint density at radius 3 is 2.39 bits per heavy atom. The SMILES string of the molecule is CCC(=Cc1sc2ccc(-c3ccccc3)cc2[n+]1CCC[N+](C)(C)C)C=C1Sc2ccc(Cl)cc2N1CC.[Br-].[Br-]. The van der Waals surface area contributed by atoms with Crippen molar-refractivity contribution in [3.63, 3.8) is 0 Å². The lowest BCUT2D eigenvalue weighted by Gasteiger charge is -2.22. The largest absolute Gasteiger partial charge is 1.00 e. The summed E-state index contributed by atoms with van der Waals surface area (Å²) < 4.78 is 4.86. The highest BCUT2D eigenvalue weighted by molar-refractivity contribution is 8.03. The van der Waals surface area contributed by atoms with E-state index >= 15 is 0 Å². The summed E-state index contributed by atoms with van der Waals surface area (Å²) in [5.41, 5.74) is 6.40. The number of aromatic nitrogens is 1. The molecule has 0 saturated heterocycles. The van der Waals surface area contributed by atoms with E-state index in [1.807, 2.05) is 29.2 Å². The highest BCUT2D eigenvalue weighted by Crippen LogP contribution is 2.47. The second kappa shape index (κ2) is 14.7. The van der Waals surface area contributed by atoms with E-state index in [0.717, 1.165) is 42.0 Å². The standard InChI is InChI=1S/C33H38ClN3S2.2BrH/c1-6-24(20-32-35(7-2)29-23-27(34)15-17-31(29)38-32)21-33-36(18-11-19-37(3,4)5)28-22-26(14-16-30(28)39-33)25-12-9-8-10-13-25;;/h8-10,12-17,20-23H,6-7,11,18-19H2,1-5H3;2*1H/q+2;;/p-2. The van der Waals surface area contributed by atoms with E-state index in [-0.39, 0.29) is 34.0 Å². The van der Waals surface area contributed by atoms with E-state index in [1.54, 1.807) is 0 Å². The number of quaternary nitrogens is 1. The lowest BCUT2D eigenvalue weighted by atomic mass is 10.1. The van der Waals surface area contributed by atoms with Gasteiger partial charge in [0, 0.05) is 28.6 Å². The molecule has 0 spiro atoms. The summed E-state index contributed by atoms with van der Waals surface area (Å²) in [7, 11) is 6.82. The smallest absolute Gasteiger partial charge is 0.263 e. The molecule has 0 saturated carbocycles. The van der Waals surface area contributed by atoms with E-state index in [9.17, 15) is 0 Å². The number of halogens is 3. The van der Waals surface area contributed by atoms with Gasteiger partial charge in [-0.05, 0) is 60.4 Å². The Kier molecular flexibility index (Phi) is 12.2. The molecule has 41 heavy (non-hydrogen) atoms. The van der Waals surface area contributed by atoms with Crippen LogP contribution in [-0.4, -0.2) is 38.7 Å². The Morgan fingerprint density at radius 2 is 1.71 bits per heavy atom. The van der Waals surface area contributed by atoms with Crippen molar-refractivity contribution >= 4 is 56.7 Å². The van der Waals surface area contributed by atoms with Gasteiger partial charge in [-0.2, -0.15) is 4.57 Å². The van der Waals surface area contributed by atoms with Crippen molar-refractivity contribution in [1.82, 2.24) is 0 Å². The Hall–Kier alpha value is -1.61. The van der Waals surface area contributed by atoms with Gasteiger partial charge in [0.25, 0.3) is 5.01 Å². The predicted octanol–water partition coefficient (Wildman–Crippen LogP) is 2.88. The fourth-order valence-corrected chi connectivity index (χ4v) is 7.52. The van der Waals surface area contributed by atoms with Crippen molar-refractivity contribution in [1.29, 1.82) is 0 Å². The number of anilines is 1. The normalized spacial score (nSPS) is 14.2. The van der Waals surface area contributed by atoms with Crippen molar-refractivity contribution in [2.75, 3.05) is 39.1 Å². The number of thioether (sulfide) groups is 1. The number of allylic oxidation sites excluding steroid dienone is 2. The average molecular weight is 736 g/mol. The Bertz CT molecular complexity index is 1540. The van der Waals surface area contributed by atoms with Gasteiger partial charge in [0.15, 0.2) is 6.54 Å². The van der Waals surface area contributed by atoms with Crippen LogP contribution in [0.3, 0.4) is 0 Å². The minimum absolute atomic E-state index is 0. The molecule has 8 heteroatoms. The number of hydrogen-bond donors (Lipinski definition) is 0. The third kappa shape index (κ3) is 8.07. The summed E-state index contributed by atoms with van der Waals surface area (Å²) in [6.45, 7) is 7.52.